The van der Waals surface area contributed by atoms with Gasteiger partial charge in [0.25, 0.3) is 5.91 Å². The molecule has 2 aromatic carbocycles. The second-order valence-electron chi connectivity index (χ2n) is 7.33. The van der Waals surface area contributed by atoms with Crippen molar-refractivity contribution in [1.82, 2.24) is 9.47 Å². The third-order valence-corrected chi connectivity index (χ3v) is 6.13. The molecular weight excluding hydrogens is 394 g/mol. The van der Waals surface area contributed by atoms with Gasteiger partial charge in [0.15, 0.2) is 0 Å². The van der Waals surface area contributed by atoms with Crippen LogP contribution in [0.3, 0.4) is 0 Å². The van der Waals surface area contributed by atoms with Crippen LogP contribution in [0, 0.1) is 0 Å². The Morgan fingerprint density at radius 2 is 1.60 bits per heavy atom. The SMILES string of the molecule is O=C(Nc1ccc(CC(=O)N2CCSCC2)cc1)c1cccn1Cc1ccccc1. The minimum absolute atomic E-state index is 0.148. The zero-order chi connectivity index (χ0) is 20.8. The number of carbonyl (C=O) groups is 2. The third-order valence-electron chi connectivity index (χ3n) is 5.19. The number of anilines is 1. The zero-order valence-electron chi connectivity index (χ0n) is 16.8. The van der Waals surface area contributed by atoms with E-state index in [9.17, 15) is 9.59 Å². The molecule has 1 aliphatic rings. The van der Waals surface area contributed by atoms with Crippen molar-refractivity contribution in [3.63, 3.8) is 0 Å². The second kappa shape index (κ2) is 9.67. The molecule has 2 heterocycles. The highest BCUT2D eigenvalue weighted by atomic mass is 32.2. The average molecular weight is 420 g/mol. The van der Waals surface area contributed by atoms with Gasteiger partial charge in [-0.3, -0.25) is 9.59 Å². The summed E-state index contributed by atoms with van der Waals surface area (Å²) >= 11 is 1.89. The number of amides is 2. The van der Waals surface area contributed by atoms with Crippen molar-refractivity contribution < 1.29 is 9.59 Å². The number of thioether (sulfide) groups is 1. The maximum absolute atomic E-state index is 12.8. The first-order valence-electron chi connectivity index (χ1n) is 10.1. The van der Waals surface area contributed by atoms with Gasteiger partial charge in [-0.25, -0.2) is 0 Å². The summed E-state index contributed by atoms with van der Waals surface area (Å²) in [6.45, 7) is 2.31. The van der Waals surface area contributed by atoms with Crippen LogP contribution >= 0.6 is 11.8 Å². The Morgan fingerprint density at radius 3 is 2.33 bits per heavy atom. The van der Waals surface area contributed by atoms with Crippen LogP contribution in [-0.2, 0) is 17.8 Å². The van der Waals surface area contributed by atoms with E-state index in [2.05, 4.69) is 5.32 Å². The first kappa shape index (κ1) is 20.3. The minimum Gasteiger partial charge on any atom is -0.341 e. The Bertz CT molecular complexity index is 993. The number of nitrogens with zero attached hydrogens (tertiary/aromatic N) is 2. The molecule has 0 spiro atoms. The lowest BCUT2D eigenvalue weighted by molar-refractivity contribution is -0.130. The molecule has 1 N–H and O–H groups in total. The summed E-state index contributed by atoms with van der Waals surface area (Å²) in [4.78, 5) is 27.1. The molecule has 1 aliphatic heterocycles. The van der Waals surface area contributed by atoms with E-state index < -0.39 is 0 Å². The van der Waals surface area contributed by atoms with Crippen molar-refractivity contribution in [2.24, 2.45) is 0 Å². The van der Waals surface area contributed by atoms with Crippen molar-refractivity contribution in [3.05, 3.63) is 89.7 Å². The predicted octanol–water partition coefficient (Wildman–Crippen LogP) is 3.91. The van der Waals surface area contributed by atoms with Crippen LogP contribution in [-0.4, -0.2) is 45.9 Å². The Kier molecular flexibility index (Phi) is 6.54. The summed E-state index contributed by atoms with van der Waals surface area (Å²) in [5.41, 5.74) is 3.44. The quantitative estimate of drug-likeness (QED) is 0.659. The number of rotatable bonds is 6. The summed E-state index contributed by atoms with van der Waals surface area (Å²) in [7, 11) is 0. The third kappa shape index (κ3) is 5.13. The van der Waals surface area contributed by atoms with Crippen LogP contribution in [0.25, 0.3) is 0 Å². The molecule has 154 valence electrons. The summed E-state index contributed by atoms with van der Waals surface area (Å²) in [6.07, 6.45) is 2.31. The van der Waals surface area contributed by atoms with Gasteiger partial charge in [-0.1, -0.05) is 42.5 Å². The predicted molar refractivity (Wildman–Crippen MR) is 122 cm³/mol. The van der Waals surface area contributed by atoms with Crippen molar-refractivity contribution in [3.8, 4) is 0 Å². The number of aromatic nitrogens is 1. The molecule has 5 nitrogen and oxygen atoms in total. The van der Waals surface area contributed by atoms with Gasteiger partial charge in [0.05, 0.1) is 6.42 Å². The molecule has 0 unspecified atom stereocenters. The van der Waals surface area contributed by atoms with E-state index in [0.29, 0.717) is 18.7 Å². The van der Waals surface area contributed by atoms with Crippen LogP contribution in [0.1, 0.15) is 21.6 Å². The zero-order valence-corrected chi connectivity index (χ0v) is 17.6. The Balaban J connectivity index is 1.36. The molecule has 6 heteroatoms. The molecule has 0 atom stereocenters. The Hall–Kier alpha value is -2.99. The van der Waals surface area contributed by atoms with Gasteiger partial charge >= 0.3 is 0 Å². The van der Waals surface area contributed by atoms with Gasteiger partial charge in [0.1, 0.15) is 5.69 Å². The van der Waals surface area contributed by atoms with E-state index in [1.165, 1.54) is 0 Å². The highest BCUT2D eigenvalue weighted by Gasteiger charge is 2.17. The lowest BCUT2D eigenvalue weighted by Crippen LogP contribution is -2.38. The molecule has 3 aromatic rings. The molecular formula is C24H25N3O2S. The molecule has 4 rings (SSSR count). The Labute approximate surface area is 181 Å². The van der Waals surface area contributed by atoms with E-state index in [-0.39, 0.29) is 11.8 Å². The average Bonchev–Trinajstić information content (AvgIpc) is 3.24. The monoisotopic (exact) mass is 419 g/mol. The van der Waals surface area contributed by atoms with Crippen LogP contribution in [0.2, 0.25) is 0 Å². The van der Waals surface area contributed by atoms with Crippen molar-refractivity contribution in [2.45, 2.75) is 13.0 Å². The van der Waals surface area contributed by atoms with Crippen LogP contribution in [0.5, 0.6) is 0 Å². The van der Waals surface area contributed by atoms with Gasteiger partial charge in [0.2, 0.25) is 5.91 Å². The molecule has 2 amide bonds. The van der Waals surface area contributed by atoms with Crippen LogP contribution < -0.4 is 5.32 Å². The fraction of sp³-hybridized carbons (Fsp3) is 0.250. The van der Waals surface area contributed by atoms with Crippen LogP contribution in [0.15, 0.2) is 72.9 Å². The first-order chi connectivity index (χ1) is 14.7. The van der Waals surface area contributed by atoms with E-state index in [0.717, 1.165) is 41.4 Å². The molecule has 0 aliphatic carbocycles. The lowest BCUT2D eigenvalue weighted by atomic mass is 10.1. The molecule has 30 heavy (non-hydrogen) atoms. The van der Waals surface area contributed by atoms with Gasteiger partial charge in [-0.2, -0.15) is 11.8 Å². The van der Waals surface area contributed by atoms with E-state index in [1.54, 1.807) is 0 Å². The maximum atomic E-state index is 12.8. The van der Waals surface area contributed by atoms with Crippen molar-refractivity contribution in [1.29, 1.82) is 0 Å². The fourth-order valence-electron chi connectivity index (χ4n) is 3.54. The summed E-state index contributed by atoms with van der Waals surface area (Å²) in [6, 6.07) is 21.3. The topological polar surface area (TPSA) is 54.3 Å². The van der Waals surface area contributed by atoms with Crippen molar-refractivity contribution in [2.75, 3.05) is 29.9 Å². The van der Waals surface area contributed by atoms with Gasteiger partial charge in [-0.15, -0.1) is 0 Å². The standard InChI is InChI=1S/C24H25N3O2S/c28-23(26-13-15-30-16-14-26)17-19-8-10-21(11-9-19)25-24(29)22-7-4-12-27(22)18-20-5-2-1-3-6-20/h1-12H,13-18H2,(H,25,29). The van der Waals surface area contributed by atoms with Gasteiger partial charge < -0.3 is 14.8 Å². The lowest BCUT2D eigenvalue weighted by Gasteiger charge is -2.26. The first-order valence-corrected chi connectivity index (χ1v) is 11.3. The summed E-state index contributed by atoms with van der Waals surface area (Å²) in [5.74, 6) is 2.06. The highest BCUT2D eigenvalue weighted by molar-refractivity contribution is 7.99. The molecule has 0 radical (unpaired) electrons. The molecule has 1 aromatic heterocycles. The minimum atomic E-state index is -0.148. The highest BCUT2D eigenvalue weighted by Crippen LogP contribution is 2.15. The Morgan fingerprint density at radius 1 is 0.867 bits per heavy atom. The summed E-state index contributed by atoms with van der Waals surface area (Å²) in [5, 5.41) is 2.96. The number of benzene rings is 2. The molecule has 1 saturated heterocycles. The van der Waals surface area contributed by atoms with E-state index >= 15 is 0 Å². The molecule has 0 saturated carbocycles. The molecule has 0 bridgehead atoms. The van der Waals surface area contributed by atoms with Crippen LogP contribution in [0.4, 0.5) is 5.69 Å². The number of nitrogens with one attached hydrogen (secondary N) is 1. The van der Waals surface area contributed by atoms with Gasteiger partial charge in [-0.05, 0) is 35.4 Å². The summed E-state index contributed by atoms with van der Waals surface area (Å²) < 4.78 is 1.94. The number of hydrogen-bond donors (Lipinski definition) is 1. The van der Waals surface area contributed by atoms with E-state index in [4.69, 9.17) is 0 Å². The largest absolute Gasteiger partial charge is 0.341 e. The number of hydrogen-bond acceptors (Lipinski definition) is 3. The molecule has 1 fully saturated rings. The fourth-order valence-corrected chi connectivity index (χ4v) is 4.44. The normalized spacial score (nSPS) is 13.8. The van der Waals surface area contributed by atoms with E-state index in [1.807, 2.05) is 94.2 Å². The van der Waals surface area contributed by atoms with Crippen molar-refractivity contribution >= 4 is 29.3 Å². The number of carbonyl (C=O) groups excluding carboxylic acids is 2. The smallest absolute Gasteiger partial charge is 0.272 e. The van der Waals surface area contributed by atoms with Gasteiger partial charge in [0, 0.05) is 43.0 Å². The second-order valence-corrected chi connectivity index (χ2v) is 8.55. The maximum Gasteiger partial charge on any atom is 0.272 e.